The van der Waals surface area contributed by atoms with E-state index in [9.17, 15) is 9.59 Å². The van der Waals surface area contributed by atoms with Gasteiger partial charge in [-0.1, -0.05) is 23.7 Å². The van der Waals surface area contributed by atoms with Crippen molar-refractivity contribution in [1.82, 2.24) is 4.90 Å². The number of rotatable bonds is 6. The molecule has 1 N–H and O–H groups in total. The number of aliphatic carboxylic acids is 1. The zero-order valence-corrected chi connectivity index (χ0v) is 11.3. The minimum Gasteiger partial charge on any atom is -0.481 e. The molecule has 19 heavy (non-hydrogen) atoms. The Bertz CT molecular complexity index is 468. The van der Waals surface area contributed by atoms with E-state index in [1.807, 2.05) is 12.1 Å². The second-order valence-corrected chi connectivity index (χ2v) is 5.21. The van der Waals surface area contributed by atoms with E-state index in [0.717, 1.165) is 18.4 Å². The van der Waals surface area contributed by atoms with Gasteiger partial charge in [0.05, 0.1) is 6.42 Å². The first-order chi connectivity index (χ1) is 9.06. The number of carbonyl (C=O) groups excluding carboxylic acids is 1. The summed E-state index contributed by atoms with van der Waals surface area (Å²) in [6.07, 6.45) is 1.97. The van der Waals surface area contributed by atoms with Crippen LogP contribution in [0.25, 0.3) is 0 Å². The molecule has 0 atom stereocenters. The average Bonchev–Trinajstić information content (AvgIpc) is 3.19. The van der Waals surface area contributed by atoms with E-state index in [0.29, 0.717) is 11.6 Å². The molecule has 0 radical (unpaired) electrons. The van der Waals surface area contributed by atoms with E-state index >= 15 is 0 Å². The molecule has 5 heteroatoms. The molecule has 0 bridgehead atoms. The number of benzene rings is 1. The number of carboxylic acid groups (broad SMARTS) is 1. The van der Waals surface area contributed by atoms with Crippen LogP contribution in [0, 0.1) is 0 Å². The molecule has 1 aliphatic carbocycles. The van der Waals surface area contributed by atoms with Gasteiger partial charge in [0, 0.05) is 24.0 Å². The van der Waals surface area contributed by atoms with Gasteiger partial charge in [-0.3, -0.25) is 9.59 Å². The molecule has 1 aliphatic rings. The maximum atomic E-state index is 12.0. The number of hydrogen-bond acceptors (Lipinski definition) is 2. The fraction of sp³-hybridized carbons (Fsp3) is 0.429. The summed E-state index contributed by atoms with van der Waals surface area (Å²) in [6, 6.07) is 7.65. The maximum Gasteiger partial charge on any atom is 0.303 e. The van der Waals surface area contributed by atoms with Crippen molar-refractivity contribution in [1.29, 1.82) is 0 Å². The van der Waals surface area contributed by atoms with Crippen molar-refractivity contribution >= 4 is 23.5 Å². The van der Waals surface area contributed by atoms with Gasteiger partial charge in [-0.2, -0.15) is 0 Å². The first-order valence-corrected chi connectivity index (χ1v) is 6.70. The summed E-state index contributed by atoms with van der Waals surface area (Å²) in [7, 11) is 0. The molecule has 1 aromatic carbocycles. The number of amides is 1. The molecule has 0 spiro atoms. The number of carbonyl (C=O) groups is 2. The van der Waals surface area contributed by atoms with Crippen LogP contribution in [0.5, 0.6) is 0 Å². The van der Waals surface area contributed by atoms with Crippen molar-refractivity contribution in [2.75, 3.05) is 0 Å². The minimum atomic E-state index is -0.935. The third-order valence-electron chi connectivity index (χ3n) is 3.13. The van der Waals surface area contributed by atoms with Crippen LogP contribution < -0.4 is 0 Å². The smallest absolute Gasteiger partial charge is 0.303 e. The van der Waals surface area contributed by atoms with E-state index in [1.54, 1.807) is 17.0 Å². The second kappa shape index (κ2) is 6.06. The summed E-state index contributed by atoms with van der Waals surface area (Å²) in [5.74, 6) is -1.02. The maximum absolute atomic E-state index is 12.0. The Balaban J connectivity index is 1.97. The molecule has 0 saturated heterocycles. The Morgan fingerprint density at radius 1 is 1.21 bits per heavy atom. The lowest BCUT2D eigenvalue weighted by atomic mass is 10.2. The standard InChI is InChI=1S/C14H16ClNO3/c15-11-3-1-10(2-4-11)9-16(12-5-6-12)13(17)7-8-14(18)19/h1-4,12H,5-9H2,(H,18,19). The van der Waals surface area contributed by atoms with Crippen LogP contribution in [0.2, 0.25) is 5.02 Å². The lowest BCUT2D eigenvalue weighted by Crippen LogP contribution is -2.32. The Morgan fingerprint density at radius 2 is 1.84 bits per heavy atom. The number of carboxylic acids is 1. The molecule has 0 aliphatic heterocycles. The molecule has 1 saturated carbocycles. The fourth-order valence-corrected chi connectivity index (χ4v) is 2.08. The first-order valence-electron chi connectivity index (χ1n) is 6.32. The Labute approximate surface area is 117 Å². The fourth-order valence-electron chi connectivity index (χ4n) is 1.95. The van der Waals surface area contributed by atoms with E-state index in [2.05, 4.69) is 0 Å². The van der Waals surface area contributed by atoms with Gasteiger partial charge < -0.3 is 10.0 Å². The van der Waals surface area contributed by atoms with Crippen molar-refractivity contribution in [3.05, 3.63) is 34.9 Å². The van der Waals surface area contributed by atoms with Crippen molar-refractivity contribution in [3.63, 3.8) is 0 Å². The van der Waals surface area contributed by atoms with Crippen LogP contribution in [0.1, 0.15) is 31.2 Å². The predicted octanol–water partition coefficient (Wildman–Crippen LogP) is 2.70. The van der Waals surface area contributed by atoms with Gasteiger partial charge in [-0.25, -0.2) is 0 Å². The molecule has 4 nitrogen and oxygen atoms in total. The van der Waals surface area contributed by atoms with Gasteiger partial charge in [0.25, 0.3) is 0 Å². The summed E-state index contributed by atoms with van der Waals surface area (Å²) in [5.41, 5.74) is 1.01. The normalized spacial score (nSPS) is 14.2. The second-order valence-electron chi connectivity index (χ2n) is 4.77. The molecule has 1 fully saturated rings. The molecule has 1 aromatic rings. The van der Waals surface area contributed by atoms with Crippen molar-refractivity contribution in [3.8, 4) is 0 Å². The van der Waals surface area contributed by atoms with E-state index in [1.165, 1.54) is 0 Å². The highest BCUT2D eigenvalue weighted by molar-refractivity contribution is 6.30. The molecule has 102 valence electrons. The van der Waals surface area contributed by atoms with E-state index in [4.69, 9.17) is 16.7 Å². The lowest BCUT2D eigenvalue weighted by molar-refractivity contribution is -0.141. The summed E-state index contributed by atoms with van der Waals surface area (Å²) in [5, 5.41) is 9.30. The monoisotopic (exact) mass is 281 g/mol. The highest BCUT2D eigenvalue weighted by Crippen LogP contribution is 2.29. The molecule has 0 heterocycles. The summed E-state index contributed by atoms with van der Waals surface area (Å²) < 4.78 is 0. The quantitative estimate of drug-likeness (QED) is 0.872. The lowest BCUT2D eigenvalue weighted by Gasteiger charge is -2.22. The van der Waals surface area contributed by atoms with Crippen LogP contribution in [0.3, 0.4) is 0 Å². The van der Waals surface area contributed by atoms with Gasteiger partial charge in [0.1, 0.15) is 0 Å². The van der Waals surface area contributed by atoms with Gasteiger partial charge in [-0.05, 0) is 30.5 Å². The molecule has 0 aromatic heterocycles. The van der Waals surface area contributed by atoms with Crippen LogP contribution in [-0.2, 0) is 16.1 Å². The average molecular weight is 282 g/mol. The van der Waals surface area contributed by atoms with Crippen LogP contribution in [0.15, 0.2) is 24.3 Å². The van der Waals surface area contributed by atoms with E-state index < -0.39 is 5.97 Å². The third-order valence-corrected chi connectivity index (χ3v) is 3.38. The topological polar surface area (TPSA) is 57.6 Å². The highest BCUT2D eigenvalue weighted by atomic mass is 35.5. The van der Waals surface area contributed by atoms with Crippen LogP contribution in [0.4, 0.5) is 0 Å². The number of halogens is 1. The zero-order valence-electron chi connectivity index (χ0n) is 10.5. The molecule has 2 rings (SSSR count). The number of nitrogens with zero attached hydrogens (tertiary/aromatic N) is 1. The van der Waals surface area contributed by atoms with Gasteiger partial charge in [0.15, 0.2) is 0 Å². The Morgan fingerprint density at radius 3 is 2.37 bits per heavy atom. The Kier molecular flexibility index (Phi) is 4.43. The van der Waals surface area contributed by atoms with Crippen molar-refractivity contribution in [2.24, 2.45) is 0 Å². The molecular formula is C14H16ClNO3. The van der Waals surface area contributed by atoms with Crippen LogP contribution in [-0.4, -0.2) is 27.9 Å². The SMILES string of the molecule is O=C(O)CCC(=O)N(Cc1ccc(Cl)cc1)C1CC1. The minimum absolute atomic E-state index is 0.0689. The van der Waals surface area contributed by atoms with Gasteiger partial charge >= 0.3 is 5.97 Å². The van der Waals surface area contributed by atoms with E-state index in [-0.39, 0.29) is 24.8 Å². The largest absolute Gasteiger partial charge is 0.481 e. The molecule has 0 unspecified atom stereocenters. The molecule has 1 amide bonds. The third kappa shape index (κ3) is 4.24. The summed E-state index contributed by atoms with van der Waals surface area (Å²) in [6.45, 7) is 0.528. The summed E-state index contributed by atoms with van der Waals surface area (Å²) >= 11 is 5.82. The first kappa shape index (κ1) is 13.9. The van der Waals surface area contributed by atoms with Crippen molar-refractivity contribution in [2.45, 2.75) is 38.3 Å². The molecular weight excluding hydrogens is 266 g/mol. The van der Waals surface area contributed by atoms with Gasteiger partial charge in [0.2, 0.25) is 5.91 Å². The number of hydrogen-bond donors (Lipinski definition) is 1. The predicted molar refractivity (Wildman–Crippen MR) is 71.9 cm³/mol. The summed E-state index contributed by atoms with van der Waals surface area (Å²) in [4.78, 5) is 24.3. The van der Waals surface area contributed by atoms with Gasteiger partial charge in [-0.15, -0.1) is 0 Å². The van der Waals surface area contributed by atoms with Crippen LogP contribution >= 0.6 is 11.6 Å². The zero-order chi connectivity index (χ0) is 13.8. The van der Waals surface area contributed by atoms with Crippen molar-refractivity contribution < 1.29 is 14.7 Å². The Hall–Kier alpha value is -1.55. The highest BCUT2D eigenvalue weighted by Gasteiger charge is 2.32.